The zero-order chi connectivity index (χ0) is 23.6. The molecular formula is C26H30O7. The highest BCUT2D eigenvalue weighted by molar-refractivity contribution is 5.96. The number of carboxylic acids is 1. The number of hydrogen-bond acceptors (Lipinski definition) is 6. The number of carbonyl (C=O) groups excluding carboxylic acids is 1. The number of cyclic esters (lactones) is 1. The molecule has 2 aromatic rings. The average Bonchev–Trinajstić information content (AvgIpc) is 3.51. The molecule has 176 valence electrons. The molecule has 1 aliphatic carbocycles. The van der Waals surface area contributed by atoms with Gasteiger partial charge in [-0.3, -0.25) is 4.79 Å². The first-order valence-corrected chi connectivity index (χ1v) is 11.4. The Bertz CT molecular complexity index is 1050. The Kier molecular flexibility index (Phi) is 6.49. The molecule has 1 atom stereocenters. The van der Waals surface area contributed by atoms with Crippen LogP contribution in [0.5, 0.6) is 17.2 Å². The Labute approximate surface area is 193 Å². The van der Waals surface area contributed by atoms with Crippen molar-refractivity contribution in [1.29, 1.82) is 0 Å². The number of aliphatic carboxylic acids is 1. The summed E-state index contributed by atoms with van der Waals surface area (Å²) in [5.41, 5.74) is 2.52. The lowest BCUT2D eigenvalue weighted by Gasteiger charge is -2.25. The smallest absolute Gasteiger partial charge is 0.338 e. The molecule has 1 unspecified atom stereocenters. The number of fused-ring (bicyclic) bond motifs is 1. The van der Waals surface area contributed by atoms with Crippen LogP contribution in [-0.2, 0) is 16.1 Å². The van der Waals surface area contributed by atoms with Gasteiger partial charge in [0, 0.05) is 16.5 Å². The lowest BCUT2D eigenvalue weighted by molar-refractivity contribution is -0.145. The standard InChI is InChI=1S/C26H30O7/c1-4-5-9-20(24(27)28)26(12-13-26)15-33-22-17(10-11-21(30-2)23(22)31-3)16-7-6-8-18-19(16)14-32-25(18)29/h6-8,10-11,20H,4-5,9,12-15H2,1-3H3,(H,27,28). The topological polar surface area (TPSA) is 91.3 Å². The summed E-state index contributed by atoms with van der Waals surface area (Å²) in [4.78, 5) is 24.1. The van der Waals surface area contributed by atoms with E-state index in [-0.39, 0.29) is 24.6 Å². The molecule has 0 radical (unpaired) electrons. The van der Waals surface area contributed by atoms with Crippen LogP contribution < -0.4 is 14.2 Å². The quantitative estimate of drug-likeness (QED) is 0.473. The van der Waals surface area contributed by atoms with Crippen LogP contribution in [0.2, 0.25) is 0 Å². The summed E-state index contributed by atoms with van der Waals surface area (Å²) in [7, 11) is 3.10. The molecule has 1 heterocycles. The highest BCUT2D eigenvalue weighted by Gasteiger charge is 2.53. The number of hydrogen-bond donors (Lipinski definition) is 1. The first kappa shape index (κ1) is 23.0. The molecule has 1 fully saturated rings. The van der Waals surface area contributed by atoms with E-state index in [0.29, 0.717) is 29.2 Å². The molecular weight excluding hydrogens is 424 g/mol. The van der Waals surface area contributed by atoms with Crippen LogP contribution in [0.3, 0.4) is 0 Å². The fraction of sp³-hybridized carbons (Fsp3) is 0.462. The highest BCUT2D eigenvalue weighted by atomic mass is 16.5. The van der Waals surface area contributed by atoms with Crippen LogP contribution in [0.4, 0.5) is 0 Å². The van der Waals surface area contributed by atoms with Gasteiger partial charge in [0.25, 0.3) is 0 Å². The monoisotopic (exact) mass is 454 g/mol. The SMILES string of the molecule is CCCCC(C(=O)O)C1(COc2c(-c3cccc4c3COC4=O)ccc(OC)c2OC)CC1. The predicted octanol–water partition coefficient (Wildman–Crippen LogP) is 5.09. The zero-order valence-electron chi connectivity index (χ0n) is 19.3. The van der Waals surface area contributed by atoms with Crippen LogP contribution in [0.1, 0.15) is 54.9 Å². The molecule has 0 aromatic heterocycles. The molecule has 2 aliphatic rings. The van der Waals surface area contributed by atoms with Crippen molar-refractivity contribution in [2.24, 2.45) is 11.3 Å². The number of unbranched alkanes of at least 4 members (excludes halogenated alkanes) is 1. The van der Waals surface area contributed by atoms with E-state index in [1.807, 2.05) is 18.2 Å². The lowest BCUT2D eigenvalue weighted by atomic mass is 9.85. The third-order valence-corrected chi connectivity index (χ3v) is 6.81. The summed E-state index contributed by atoms with van der Waals surface area (Å²) in [5, 5.41) is 9.87. The minimum atomic E-state index is -0.765. The Morgan fingerprint density at radius 1 is 1.09 bits per heavy atom. The molecule has 0 bridgehead atoms. The number of esters is 1. The molecule has 1 aliphatic heterocycles. The number of rotatable bonds is 11. The third kappa shape index (κ3) is 4.24. The van der Waals surface area contributed by atoms with Crippen molar-refractivity contribution in [1.82, 2.24) is 0 Å². The largest absolute Gasteiger partial charge is 0.493 e. The summed E-state index contributed by atoms with van der Waals surface area (Å²) in [6, 6.07) is 9.16. The van der Waals surface area contributed by atoms with Gasteiger partial charge in [-0.15, -0.1) is 0 Å². The maximum absolute atomic E-state index is 12.1. The van der Waals surface area contributed by atoms with Crippen molar-refractivity contribution in [3.05, 3.63) is 41.5 Å². The Balaban J connectivity index is 1.72. The fourth-order valence-electron chi connectivity index (χ4n) is 4.73. The number of carbonyl (C=O) groups is 2. The Hall–Kier alpha value is -3.22. The summed E-state index contributed by atoms with van der Waals surface area (Å²) in [5.74, 6) is -0.110. The van der Waals surface area contributed by atoms with Gasteiger partial charge in [0.05, 0.1) is 32.3 Å². The van der Waals surface area contributed by atoms with E-state index < -0.39 is 11.9 Å². The first-order valence-electron chi connectivity index (χ1n) is 11.4. The maximum atomic E-state index is 12.1. The second-order valence-corrected chi connectivity index (χ2v) is 8.77. The van der Waals surface area contributed by atoms with Crippen LogP contribution in [0, 0.1) is 11.3 Å². The molecule has 0 spiro atoms. The molecule has 7 nitrogen and oxygen atoms in total. The van der Waals surface area contributed by atoms with Crippen LogP contribution >= 0.6 is 0 Å². The van der Waals surface area contributed by atoms with E-state index in [2.05, 4.69) is 6.92 Å². The summed E-state index contributed by atoms with van der Waals surface area (Å²) in [6.07, 6.45) is 4.10. The minimum Gasteiger partial charge on any atom is -0.493 e. The van der Waals surface area contributed by atoms with Gasteiger partial charge in [0.1, 0.15) is 6.61 Å². The van der Waals surface area contributed by atoms with E-state index in [0.717, 1.165) is 42.4 Å². The summed E-state index contributed by atoms with van der Waals surface area (Å²) >= 11 is 0. The van der Waals surface area contributed by atoms with E-state index in [9.17, 15) is 14.7 Å². The van der Waals surface area contributed by atoms with Gasteiger partial charge in [-0.2, -0.15) is 0 Å². The van der Waals surface area contributed by atoms with Gasteiger partial charge in [0.2, 0.25) is 5.75 Å². The molecule has 1 saturated carbocycles. The maximum Gasteiger partial charge on any atom is 0.338 e. The molecule has 7 heteroatoms. The fourth-order valence-corrected chi connectivity index (χ4v) is 4.73. The molecule has 0 amide bonds. The first-order chi connectivity index (χ1) is 16.0. The number of carboxylic acid groups (broad SMARTS) is 1. The van der Waals surface area contributed by atoms with Crippen molar-refractivity contribution in [3.63, 3.8) is 0 Å². The third-order valence-electron chi connectivity index (χ3n) is 6.81. The highest BCUT2D eigenvalue weighted by Crippen LogP contribution is 2.55. The second kappa shape index (κ2) is 9.33. The Morgan fingerprint density at radius 3 is 2.48 bits per heavy atom. The summed E-state index contributed by atoms with van der Waals surface area (Å²) in [6.45, 7) is 2.53. The Morgan fingerprint density at radius 2 is 1.85 bits per heavy atom. The van der Waals surface area contributed by atoms with Gasteiger partial charge < -0.3 is 24.1 Å². The van der Waals surface area contributed by atoms with E-state index in [4.69, 9.17) is 18.9 Å². The normalized spacial score (nSPS) is 16.5. The molecule has 4 rings (SSSR count). The van der Waals surface area contributed by atoms with Crippen molar-refractivity contribution in [2.45, 2.75) is 45.6 Å². The van der Waals surface area contributed by atoms with Gasteiger partial charge >= 0.3 is 11.9 Å². The lowest BCUT2D eigenvalue weighted by Crippen LogP contribution is -2.30. The zero-order valence-corrected chi connectivity index (χ0v) is 19.3. The molecule has 33 heavy (non-hydrogen) atoms. The van der Waals surface area contributed by atoms with Crippen molar-refractivity contribution in [2.75, 3.05) is 20.8 Å². The molecule has 1 N–H and O–H groups in total. The van der Waals surface area contributed by atoms with E-state index in [1.165, 1.54) is 0 Å². The average molecular weight is 455 g/mol. The number of methoxy groups -OCH3 is 2. The van der Waals surface area contributed by atoms with Crippen molar-refractivity contribution in [3.8, 4) is 28.4 Å². The van der Waals surface area contributed by atoms with Gasteiger partial charge in [-0.25, -0.2) is 4.79 Å². The number of benzene rings is 2. The van der Waals surface area contributed by atoms with Gasteiger partial charge in [-0.05, 0) is 43.0 Å². The van der Waals surface area contributed by atoms with E-state index in [1.54, 1.807) is 26.4 Å². The van der Waals surface area contributed by atoms with E-state index >= 15 is 0 Å². The van der Waals surface area contributed by atoms with Crippen molar-refractivity contribution >= 4 is 11.9 Å². The predicted molar refractivity (Wildman–Crippen MR) is 122 cm³/mol. The van der Waals surface area contributed by atoms with Crippen LogP contribution in [0.25, 0.3) is 11.1 Å². The van der Waals surface area contributed by atoms with Gasteiger partial charge in [0.15, 0.2) is 11.5 Å². The number of ether oxygens (including phenoxy) is 4. The van der Waals surface area contributed by atoms with Crippen LogP contribution in [0.15, 0.2) is 30.3 Å². The summed E-state index contributed by atoms with van der Waals surface area (Å²) < 4.78 is 22.8. The van der Waals surface area contributed by atoms with Crippen LogP contribution in [-0.4, -0.2) is 37.9 Å². The van der Waals surface area contributed by atoms with Gasteiger partial charge in [-0.1, -0.05) is 31.9 Å². The minimum absolute atomic E-state index is 0.195. The molecule has 2 aromatic carbocycles. The second-order valence-electron chi connectivity index (χ2n) is 8.77. The van der Waals surface area contributed by atoms with Crippen molar-refractivity contribution < 1.29 is 33.6 Å². The molecule has 0 saturated heterocycles.